The molecule has 3 aromatic heterocycles. The second-order valence-corrected chi connectivity index (χ2v) is 7.03. The van der Waals surface area contributed by atoms with E-state index in [2.05, 4.69) is 20.1 Å². The largest absolute Gasteiger partial charge is 0.294 e. The summed E-state index contributed by atoms with van der Waals surface area (Å²) in [6.07, 6.45) is 7.09. The number of aryl methyl sites for hydroxylation is 1. The third-order valence-corrected chi connectivity index (χ3v) is 5.16. The van der Waals surface area contributed by atoms with Crippen molar-refractivity contribution in [3.63, 3.8) is 0 Å². The van der Waals surface area contributed by atoms with E-state index in [1.165, 1.54) is 9.36 Å². The van der Waals surface area contributed by atoms with Crippen molar-refractivity contribution in [2.45, 2.75) is 32.0 Å². The zero-order chi connectivity index (χ0) is 19.5. The highest BCUT2D eigenvalue weighted by Crippen LogP contribution is 2.20. The summed E-state index contributed by atoms with van der Waals surface area (Å²) in [6.45, 7) is 1.95. The molecule has 8 nitrogen and oxygen atoms in total. The highest BCUT2D eigenvalue weighted by Gasteiger charge is 2.26. The third-order valence-electron chi connectivity index (χ3n) is 5.16. The van der Waals surface area contributed by atoms with Crippen LogP contribution in [0.4, 0.5) is 0 Å². The fraction of sp³-hybridized carbons (Fsp3) is 0.350. The Balaban J connectivity index is 1.55. The molecule has 1 fully saturated rings. The van der Waals surface area contributed by atoms with E-state index in [0.29, 0.717) is 18.7 Å². The number of hydrogen-bond acceptors (Lipinski definition) is 6. The second kappa shape index (κ2) is 7.85. The van der Waals surface area contributed by atoms with E-state index in [9.17, 15) is 9.59 Å². The average molecular weight is 378 g/mol. The van der Waals surface area contributed by atoms with Crippen LogP contribution in [0.25, 0.3) is 11.3 Å². The zero-order valence-electron chi connectivity index (χ0n) is 15.7. The SMILES string of the molecule is Cn1nccc(CN2CCCC2Cn2nc(-c3cccnc3)ccc2=O)c1=O. The van der Waals surface area contributed by atoms with E-state index in [1.54, 1.807) is 43.8 Å². The normalized spacial score (nSPS) is 17.1. The van der Waals surface area contributed by atoms with Gasteiger partial charge in [0.1, 0.15) is 0 Å². The van der Waals surface area contributed by atoms with Gasteiger partial charge >= 0.3 is 0 Å². The molecule has 1 unspecified atom stereocenters. The minimum atomic E-state index is -0.126. The summed E-state index contributed by atoms with van der Waals surface area (Å²) in [5.74, 6) is 0. The first-order valence-corrected chi connectivity index (χ1v) is 9.35. The maximum Gasteiger partial charge on any atom is 0.270 e. The molecule has 1 aliphatic heterocycles. The van der Waals surface area contributed by atoms with Gasteiger partial charge in [-0.05, 0) is 43.7 Å². The molecular formula is C20H22N6O2. The van der Waals surface area contributed by atoms with Crippen LogP contribution < -0.4 is 11.1 Å². The molecule has 0 N–H and O–H groups in total. The molecule has 0 aromatic carbocycles. The van der Waals surface area contributed by atoms with Gasteiger partial charge in [-0.2, -0.15) is 10.2 Å². The van der Waals surface area contributed by atoms with E-state index in [4.69, 9.17) is 0 Å². The molecule has 1 saturated heterocycles. The standard InChI is InChI=1S/C20H22N6O2/c1-24-20(28)16(8-10-22-24)13-25-11-3-5-17(25)14-26-19(27)7-6-18(23-26)15-4-2-9-21-12-15/h2,4,6-10,12,17H,3,5,11,13-14H2,1H3. The molecule has 0 amide bonds. The van der Waals surface area contributed by atoms with Gasteiger partial charge in [0, 0.05) is 55.4 Å². The van der Waals surface area contributed by atoms with Crippen LogP contribution in [-0.4, -0.2) is 42.0 Å². The Morgan fingerprint density at radius 2 is 2.04 bits per heavy atom. The molecule has 0 bridgehead atoms. The molecule has 3 aromatic rings. The molecular weight excluding hydrogens is 356 g/mol. The van der Waals surface area contributed by atoms with Crippen LogP contribution >= 0.6 is 0 Å². The number of nitrogens with zero attached hydrogens (tertiary/aromatic N) is 6. The summed E-state index contributed by atoms with van der Waals surface area (Å²) in [7, 11) is 1.65. The van der Waals surface area contributed by atoms with Crippen LogP contribution in [0.5, 0.6) is 0 Å². The summed E-state index contributed by atoms with van der Waals surface area (Å²) < 4.78 is 2.87. The number of hydrogen-bond donors (Lipinski definition) is 0. The van der Waals surface area contributed by atoms with Crippen LogP contribution in [0, 0.1) is 0 Å². The number of aromatic nitrogens is 5. The fourth-order valence-electron chi connectivity index (χ4n) is 3.65. The van der Waals surface area contributed by atoms with Crippen LogP contribution in [0.3, 0.4) is 0 Å². The Morgan fingerprint density at radius 1 is 1.14 bits per heavy atom. The van der Waals surface area contributed by atoms with Crippen molar-refractivity contribution in [1.82, 2.24) is 29.4 Å². The molecule has 8 heteroatoms. The summed E-state index contributed by atoms with van der Waals surface area (Å²) in [5.41, 5.74) is 2.11. The summed E-state index contributed by atoms with van der Waals surface area (Å²) in [5, 5.41) is 8.52. The van der Waals surface area contributed by atoms with Gasteiger partial charge in [-0.25, -0.2) is 9.36 Å². The molecule has 0 aliphatic carbocycles. The number of likely N-dealkylation sites (tertiary alicyclic amines) is 1. The average Bonchev–Trinajstić information content (AvgIpc) is 3.14. The molecule has 0 radical (unpaired) electrons. The lowest BCUT2D eigenvalue weighted by atomic mass is 10.2. The summed E-state index contributed by atoms with van der Waals surface area (Å²) >= 11 is 0. The van der Waals surface area contributed by atoms with Crippen molar-refractivity contribution in [1.29, 1.82) is 0 Å². The first kappa shape index (κ1) is 18.2. The van der Waals surface area contributed by atoms with E-state index >= 15 is 0 Å². The topological polar surface area (TPSA) is 85.9 Å². The van der Waals surface area contributed by atoms with Gasteiger partial charge in [-0.3, -0.25) is 19.5 Å². The van der Waals surface area contributed by atoms with Gasteiger partial charge in [0.25, 0.3) is 11.1 Å². The first-order valence-electron chi connectivity index (χ1n) is 9.35. The van der Waals surface area contributed by atoms with Gasteiger partial charge in [0.05, 0.1) is 12.2 Å². The molecule has 0 spiro atoms. The first-order chi connectivity index (χ1) is 13.6. The lowest BCUT2D eigenvalue weighted by molar-refractivity contribution is 0.215. The maximum atomic E-state index is 12.4. The summed E-state index contributed by atoms with van der Waals surface area (Å²) in [4.78, 5) is 31.0. The highest BCUT2D eigenvalue weighted by molar-refractivity contribution is 5.56. The van der Waals surface area contributed by atoms with Crippen molar-refractivity contribution < 1.29 is 0 Å². The van der Waals surface area contributed by atoms with Crippen molar-refractivity contribution in [2.24, 2.45) is 7.05 Å². The fourth-order valence-corrected chi connectivity index (χ4v) is 3.65. The van der Waals surface area contributed by atoms with Crippen LogP contribution in [0.1, 0.15) is 18.4 Å². The second-order valence-electron chi connectivity index (χ2n) is 7.03. The number of pyridine rings is 1. The monoisotopic (exact) mass is 378 g/mol. The van der Waals surface area contributed by atoms with Crippen LogP contribution in [-0.2, 0) is 20.1 Å². The van der Waals surface area contributed by atoms with Crippen molar-refractivity contribution in [3.8, 4) is 11.3 Å². The molecule has 1 atom stereocenters. The molecule has 28 heavy (non-hydrogen) atoms. The molecule has 1 aliphatic rings. The van der Waals surface area contributed by atoms with Gasteiger partial charge in [0.2, 0.25) is 0 Å². The maximum absolute atomic E-state index is 12.4. The van der Waals surface area contributed by atoms with E-state index in [1.807, 2.05) is 12.1 Å². The molecule has 4 heterocycles. The molecule has 144 valence electrons. The Bertz CT molecular complexity index is 1080. The predicted octanol–water partition coefficient (Wildman–Crippen LogP) is 1.06. The smallest absolute Gasteiger partial charge is 0.270 e. The minimum absolute atomic E-state index is 0.0815. The zero-order valence-corrected chi connectivity index (χ0v) is 15.7. The van der Waals surface area contributed by atoms with E-state index in [-0.39, 0.29) is 17.2 Å². The lowest BCUT2D eigenvalue weighted by Crippen LogP contribution is -2.38. The predicted molar refractivity (Wildman–Crippen MR) is 105 cm³/mol. The van der Waals surface area contributed by atoms with Crippen molar-refractivity contribution in [3.05, 3.63) is 75.2 Å². The number of rotatable bonds is 5. The molecule has 4 rings (SSSR count). The summed E-state index contributed by atoms with van der Waals surface area (Å²) in [6, 6.07) is 8.97. The van der Waals surface area contributed by atoms with Crippen LogP contribution in [0.2, 0.25) is 0 Å². The van der Waals surface area contributed by atoms with Gasteiger partial charge in [-0.1, -0.05) is 0 Å². The Labute approximate surface area is 162 Å². The quantitative estimate of drug-likeness (QED) is 0.660. The van der Waals surface area contributed by atoms with Gasteiger partial charge in [-0.15, -0.1) is 0 Å². The van der Waals surface area contributed by atoms with Crippen LogP contribution in [0.15, 0.2) is 58.5 Å². The van der Waals surface area contributed by atoms with E-state index in [0.717, 1.165) is 30.6 Å². The van der Waals surface area contributed by atoms with Gasteiger partial charge < -0.3 is 0 Å². The Kier molecular flexibility index (Phi) is 5.12. The minimum Gasteiger partial charge on any atom is -0.294 e. The Hall–Kier alpha value is -3.13. The van der Waals surface area contributed by atoms with Gasteiger partial charge in [0.15, 0.2) is 0 Å². The lowest BCUT2D eigenvalue weighted by Gasteiger charge is -2.24. The Morgan fingerprint density at radius 3 is 2.86 bits per heavy atom. The van der Waals surface area contributed by atoms with Crippen molar-refractivity contribution >= 4 is 0 Å². The molecule has 0 saturated carbocycles. The third kappa shape index (κ3) is 3.77. The highest BCUT2D eigenvalue weighted by atomic mass is 16.1. The van der Waals surface area contributed by atoms with E-state index < -0.39 is 0 Å². The van der Waals surface area contributed by atoms with Crippen molar-refractivity contribution in [2.75, 3.05) is 6.54 Å².